The number of rotatable bonds is 8. The van der Waals surface area contributed by atoms with Crippen LogP contribution in [0.25, 0.3) is 6.08 Å². The SMILES string of the molecule is CS(=O)(=O)Nc1ccc(C=CC(=O)NCc2cccc(NC(=O)C3CCCC3)c2)cc1. The minimum Gasteiger partial charge on any atom is -0.348 e. The fourth-order valence-corrected chi connectivity index (χ4v) is 4.05. The summed E-state index contributed by atoms with van der Waals surface area (Å²) in [5.41, 5.74) is 2.86. The van der Waals surface area contributed by atoms with Crippen LogP contribution in [-0.2, 0) is 26.2 Å². The van der Waals surface area contributed by atoms with Gasteiger partial charge in [-0.15, -0.1) is 0 Å². The van der Waals surface area contributed by atoms with E-state index in [1.165, 1.54) is 6.08 Å². The summed E-state index contributed by atoms with van der Waals surface area (Å²) in [6.07, 6.45) is 8.28. The van der Waals surface area contributed by atoms with Gasteiger partial charge in [0.05, 0.1) is 6.26 Å². The molecule has 1 aliphatic rings. The zero-order valence-electron chi connectivity index (χ0n) is 17.4. The van der Waals surface area contributed by atoms with Gasteiger partial charge in [-0.2, -0.15) is 0 Å². The first-order valence-corrected chi connectivity index (χ1v) is 12.1. The van der Waals surface area contributed by atoms with Crippen molar-refractivity contribution in [2.75, 3.05) is 16.3 Å². The summed E-state index contributed by atoms with van der Waals surface area (Å²) in [5, 5.41) is 5.79. The van der Waals surface area contributed by atoms with Crippen LogP contribution in [0.15, 0.2) is 54.6 Å². The van der Waals surface area contributed by atoms with Gasteiger partial charge in [0.15, 0.2) is 0 Å². The van der Waals surface area contributed by atoms with Gasteiger partial charge in [0, 0.05) is 29.9 Å². The van der Waals surface area contributed by atoms with Gasteiger partial charge in [0.25, 0.3) is 0 Å². The summed E-state index contributed by atoms with van der Waals surface area (Å²) >= 11 is 0. The second kappa shape index (κ2) is 10.3. The van der Waals surface area contributed by atoms with E-state index < -0.39 is 10.0 Å². The van der Waals surface area contributed by atoms with Crippen LogP contribution < -0.4 is 15.4 Å². The number of hydrogen-bond acceptors (Lipinski definition) is 4. The normalized spacial score (nSPS) is 14.5. The molecule has 0 unspecified atom stereocenters. The predicted molar refractivity (Wildman–Crippen MR) is 123 cm³/mol. The maximum atomic E-state index is 12.3. The summed E-state index contributed by atoms with van der Waals surface area (Å²) in [5.74, 6) is -0.0807. The van der Waals surface area contributed by atoms with E-state index in [0.29, 0.717) is 12.2 Å². The minimum absolute atomic E-state index is 0.0689. The molecule has 0 heterocycles. The Bertz CT molecular complexity index is 1060. The highest BCUT2D eigenvalue weighted by Crippen LogP contribution is 2.26. The zero-order valence-corrected chi connectivity index (χ0v) is 18.2. The highest BCUT2D eigenvalue weighted by atomic mass is 32.2. The third-order valence-electron chi connectivity index (χ3n) is 5.03. The van der Waals surface area contributed by atoms with Crippen LogP contribution in [-0.4, -0.2) is 26.5 Å². The van der Waals surface area contributed by atoms with Crippen LogP contribution >= 0.6 is 0 Å². The summed E-state index contributed by atoms with van der Waals surface area (Å²) in [4.78, 5) is 24.4. The molecule has 0 atom stereocenters. The summed E-state index contributed by atoms with van der Waals surface area (Å²) in [6, 6.07) is 14.1. The van der Waals surface area contributed by atoms with Crippen LogP contribution in [0.3, 0.4) is 0 Å². The molecule has 3 rings (SSSR count). The third kappa shape index (κ3) is 7.57. The van der Waals surface area contributed by atoms with Crippen LogP contribution in [0.2, 0.25) is 0 Å². The van der Waals surface area contributed by atoms with E-state index in [-0.39, 0.29) is 17.7 Å². The van der Waals surface area contributed by atoms with Crippen molar-refractivity contribution in [1.29, 1.82) is 0 Å². The molecule has 0 saturated heterocycles. The highest BCUT2D eigenvalue weighted by Gasteiger charge is 2.22. The lowest BCUT2D eigenvalue weighted by molar-refractivity contribution is -0.119. The highest BCUT2D eigenvalue weighted by molar-refractivity contribution is 7.92. The molecule has 2 aromatic carbocycles. The first kappa shape index (κ1) is 22.6. The number of nitrogens with one attached hydrogen (secondary N) is 3. The Labute approximate surface area is 183 Å². The number of benzene rings is 2. The Kier molecular flexibility index (Phi) is 7.46. The number of anilines is 2. The Morgan fingerprint density at radius 3 is 2.42 bits per heavy atom. The van der Waals surface area contributed by atoms with Gasteiger partial charge in [0.2, 0.25) is 21.8 Å². The van der Waals surface area contributed by atoms with Crippen molar-refractivity contribution in [2.45, 2.75) is 32.2 Å². The second-order valence-corrected chi connectivity index (χ2v) is 9.47. The number of amides is 2. The van der Waals surface area contributed by atoms with Crippen molar-refractivity contribution in [3.8, 4) is 0 Å². The molecule has 0 radical (unpaired) electrons. The number of carbonyl (C=O) groups excluding carboxylic acids is 2. The van der Waals surface area contributed by atoms with Gasteiger partial charge < -0.3 is 10.6 Å². The maximum Gasteiger partial charge on any atom is 0.244 e. The molecule has 0 bridgehead atoms. The second-order valence-electron chi connectivity index (χ2n) is 7.72. The van der Waals surface area contributed by atoms with Crippen molar-refractivity contribution in [3.05, 3.63) is 65.7 Å². The Morgan fingerprint density at radius 1 is 1.03 bits per heavy atom. The molecule has 2 amide bonds. The average molecular weight is 442 g/mol. The van der Waals surface area contributed by atoms with Gasteiger partial charge in [-0.1, -0.05) is 37.1 Å². The lowest BCUT2D eigenvalue weighted by atomic mass is 10.1. The number of sulfonamides is 1. The average Bonchev–Trinajstić information content (AvgIpc) is 3.26. The molecule has 0 spiro atoms. The summed E-state index contributed by atoms with van der Waals surface area (Å²) in [7, 11) is -3.32. The van der Waals surface area contributed by atoms with Crippen LogP contribution in [0, 0.1) is 5.92 Å². The number of hydrogen-bond donors (Lipinski definition) is 3. The standard InChI is InChI=1S/C23H27N3O4S/c1-31(29,30)26-20-12-9-17(10-13-20)11-14-22(27)24-16-18-5-4-8-21(15-18)25-23(28)19-6-2-3-7-19/h4-5,8-15,19,26H,2-3,6-7,16H2,1H3,(H,24,27)(H,25,28). The lowest BCUT2D eigenvalue weighted by Crippen LogP contribution is -2.21. The van der Waals surface area contributed by atoms with Crippen molar-refractivity contribution in [3.63, 3.8) is 0 Å². The van der Waals surface area contributed by atoms with E-state index in [2.05, 4.69) is 15.4 Å². The van der Waals surface area contributed by atoms with Gasteiger partial charge in [0.1, 0.15) is 0 Å². The maximum absolute atomic E-state index is 12.3. The molecule has 8 heteroatoms. The molecule has 1 fully saturated rings. The molecular formula is C23H27N3O4S. The van der Waals surface area contributed by atoms with Gasteiger partial charge in [-0.3, -0.25) is 14.3 Å². The Hall–Kier alpha value is -3.13. The van der Waals surface area contributed by atoms with Gasteiger partial charge in [-0.25, -0.2) is 8.42 Å². The monoisotopic (exact) mass is 441 g/mol. The quantitative estimate of drug-likeness (QED) is 0.545. The van der Waals surface area contributed by atoms with Crippen molar-refractivity contribution >= 4 is 39.3 Å². The Morgan fingerprint density at radius 2 is 1.74 bits per heavy atom. The molecule has 164 valence electrons. The zero-order chi connectivity index (χ0) is 22.3. The van der Waals surface area contributed by atoms with Gasteiger partial charge in [-0.05, 0) is 54.3 Å². The molecule has 2 aromatic rings. The minimum atomic E-state index is -3.32. The van der Waals surface area contributed by atoms with Crippen LogP contribution in [0.5, 0.6) is 0 Å². The molecule has 3 N–H and O–H groups in total. The van der Waals surface area contributed by atoms with Crippen molar-refractivity contribution in [1.82, 2.24) is 5.32 Å². The smallest absolute Gasteiger partial charge is 0.244 e. The molecule has 31 heavy (non-hydrogen) atoms. The summed E-state index contributed by atoms with van der Waals surface area (Å²) in [6.45, 7) is 0.341. The molecule has 1 aliphatic carbocycles. The number of carbonyl (C=O) groups is 2. The fourth-order valence-electron chi connectivity index (χ4n) is 3.49. The topological polar surface area (TPSA) is 104 Å². The molecular weight excluding hydrogens is 414 g/mol. The van der Waals surface area contributed by atoms with Crippen LogP contribution in [0.4, 0.5) is 11.4 Å². The van der Waals surface area contributed by atoms with E-state index >= 15 is 0 Å². The first-order valence-electron chi connectivity index (χ1n) is 10.2. The largest absolute Gasteiger partial charge is 0.348 e. The van der Waals surface area contributed by atoms with E-state index in [0.717, 1.165) is 48.8 Å². The van der Waals surface area contributed by atoms with E-state index in [4.69, 9.17) is 0 Å². The van der Waals surface area contributed by atoms with Crippen molar-refractivity contribution < 1.29 is 18.0 Å². The predicted octanol–water partition coefficient (Wildman–Crippen LogP) is 3.52. The third-order valence-corrected chi connectivity index (χ3v) is 5.63. The molecule has 0 aliphatic heterocycles. The van der Waals surface area contributed by atoms with E-state index in [9.17, 15) is 18.0 Å². The van der Waals surface area contributed by atoms with Gasteiger partial charge >= 0.3 is 0 Å². The first-order chi connectivity index (χ1) is 14.8. The molecule has 1 saturated carbocycles. The van der Waals surface area contributed by atoms with Crippen molar-refractivity contribution in [2.24, 2.45) is 5.92 Å². The Balaban J connectivity index is 1.49. The lowest BCUT2D eigenvalue weighted by Gasteiger charge is -2.11. The van der Waals surface area contributed by atoms with E-state index in [1.54, 1.807) is 30.3 Å². The molecule has 7 nitrogen and oxygen atoms in total. The van der Waals surface area contributed by atoms with Crippen LogP contribution in [0.1, 0.15) is 36.8 Å². The summed E-state index contributed by atoms with van der Waals surface area (Å²) < 4.78 is 24.8. The molecule has 0 aromatic heterocycles. The fraction of sp³-hybridized carbons (Fsp3) is 0.304. The van der Waals surface area contributed by atoms with E-state index in [1.807, 2.05) is 24.3 Å².